The fourth-order valence-electron chi connectivity index (χ4n) is 2.32. The summed E-state index contributed by atoms with van der Waals surface area (Å²) in [5.74, 6) is -1.15. The van der Waals surface area contributed by atoms with Crippen LogP contribution in [0, 0.1) is 16.0 Å². The van der Waals surface area contributed by atoms with Crippen molar-refractivity contribution in [3.05, 3.63) is 34.4 Å². The highest BCUT2D eigenvalue weighted by Crippen LogP contribution is 2.27. The van der Waals surface area contributed by atoms with Gasteiger partial charge in [0.05, 0.1) is 9.82 Å². The zero-order valence-corrected chi connectivity index (χ0v) is 11.8. The van der Waals surface area contributed by atoms with Crippen molar-refractivity contribution >= 4 is 21.7 Å². The van der Waals surface area contributed by atoms with Gasteiger partial charge in [-0.25, -0.2) is 8.42 Å². The van der Waals surface area contributed by atoms with Gasteiger partial charge in [-0.15, -0.1) is 0 Å². The van der Waals surface area contributed by atoms with Crippen molar-refractivity contribution in [2.75, 3.05) is 13.1 Å². The molecule has 2 rings (SSSR count). The normalized spacial score (nSPS) is 19.5. The molecule has 1 fully saturated rings. The van der Waals surface area contributed by atoms with Crippen LogP contribution in [0.4, 0.5) is 5.69 Å². The fraction of sp³-hybridized carbons (Fsp3) is 0.417. The van der Waals surface area contributed by atoms with Gasteiger partial charge >= 0.3 is 5.97 Å². The average Bonchev–Trinajstić information content (AvgIpc) is 2.87. The molecule has 1 aliphatic rings. The van der Waals surface area contributed by atoms with Gasteiger partial charge in [0.2, 0.25) is 10.0 Å². The Hall–Kier alpha value is -2.00. The Balaban J connectivity index is 2.15. The second kappa shape index (κ2) is 5.78. The molecule has 1 atom stereocenters. The molecule has 114 valence electrons. The average molecular weight is 314 g/mol. The van der Waals surface area contributed by atoms with Crippen LogP contribution in [-0.2, 0) is 14.8 Å². The van der Waals surface area contributed by atoms with Crippen LogP contribution in [-0.4, -0.2) is 41.8 Å². The first-order valence-electron chi connectivity index (χ1n) is 6.27. The van der Waals surface area contributed by atoms with Crippen LogP contribution in [0.5, 0.6) is 0 Å². The Morgan fingerprint density at radius 1 is 1.38 bits per heavy atom. The Kier molecular flexibility index (Phi) is 4.24. The number of nitro groups is 1. The van der Waals surface area contributed by atoms with Crippen molar-refractivity contribution in [3.8, 4) is 0 Å². The summed E-state index contributed by atoms with van der Waals surface area (Å²) in [6.07, 6.45) is 0.435. The molecule has 0 bridgehead atoms. The SMILES string of the molecule is O=C(O)CC1CCN(S(=O)(=O)c2ccc([N+](=O)[O-])cc2)C1. The third-order valence-electron chi connectivity index (χ3n) is 3.40. The number of hydrogen-bond acceptors (Lipinski definition) is 5. The maximum Gasteiger partial charge on any atom is 0.303 e. The number of rotatable bonds is 5. The van der Waals surface area contributed by atoms with Gasteiger partial charge in [-0.3, -0.25) is 14.9 Å². The van der Waals surface area contributed by atoms with E-state index >= 15 is 0 Å². The summed E-state index contributed by atoms with van der Waals surface area (Å²) in [7, 11) is -3.73. The van der Waals surface area contributed by atoms with Crippen LogP contribution in [0.15, 0.2) is 29.2 Å². The van der Waals surface area contributed by atoms with Gasteiger partial charge in [0.25, 0.3) is 5.69 Å². The number of nitrogens with zero attached hydrogens (tertiary/aromatic N) is 2. The molecule has 21 heavy (non-hydrogen) atoms. The summed E-state index contributed by atoms with van der Waals surface area (Å²) in [6.45, 7) is 0.420. The molecule has 0 aromatic heterocycles. The molecule has 0 radical (unpaired) electrons. The van der Waals surface area contributed by atoms with E-state index in [4.69, 9.17) is 5.11 Å². The first-order chi connectivity index (χ1) is 9.80. The minimum atomic E-state index is -3.73. The molecule has 1 heterocycles. The molecule has 0 spiro atoms. The molecule has 0 saturated carbocycles. The molecule has 1 aliphatic heterocycles. The van der Waals surface area contributed by atoms with Crippen LogP contribution < -0.4 is 0 Å². The van der Waals surface area contributed by atoms with Crippen molar-refractivity contribution in [2.45, 2.75) is 17.7 Å². The Bertz CT molecular complexity index is 655. The second-order valence-corrected chi connectivity index (χ2v) is 6.80. The molecule has 0 aliphatic carbocycles. The van der Waals surface area contributed by atoms with Crippen molar-refractivity contribution in [2.24, 2.45) is 5.92 Å². The lowest BCUT2D eigenvalue weighted by Crippen LogP contribution is -2.29. The molecule has 1 saturated heterocycles. The molecular weight excluding hydrogens is 300 g/mol. The summed E-state index contributed by atoms with van der Waals surface area (Å²) < 4.78 is 25.9. The number of hydrogen-bond donors (Lipinski definition) is 1. The van der Waals surface area contributed by atoms with Gasteiger partial charge in [-0.1, -0.05) is 0 Å². The molecule has 8 nitrogen and oxygen atoms in total. The van der Waals surface area contributed by atoms with Crippen molar-refractivity contribution in [3.63, 3.8) is 0 Å². The van der Waals surface area contributed by atoms with E-state index in [0.29, 0.717) is 6.42 Å². The second-order valence-electron chi connectivity index (χ2n) is 4.87. The van der Waals surface area contributed by atoms with E-state index in [0.717, 1.165) is 12.1 Å². The number of aliphatic carboxylic acids is 1. The summed E-state index contributed by atoms with van der Waals surface area (Å²) >= 11 is 0. The lowest BCUT2D eigenvalue weighted by Gasteiger charge is -2.16. The van der Waals surface area contributed by atoms with E-state index < -0.39 is 20.9 Å². The number of nitro benzene ring substituents is 1. The van der Waals surface area contributed by atoms with Crippen LogP contribution in [0.2, 0.25) is 0 Å². The highest BCUT2D eigenvalue weighted by atomic mass is 32.2. The third-order valence-corrected chi connectivity index (χ3v) is 5.28. The van der Waals surface area contributed by atoms with Crippen LogP contribution >= 0.6 is 0 Å². The highest BCUT2D eigenvalue weighted by Gasteiger charge is 2.33. The zero-order valence-electron chi connectivity index (χ0n) is 11.0. The largest absolute Gasteiger partial charge is 0.481 e. The fourth-order valence-corrected chi connectivity index (χ4v) is 3.85. The summed E-state index contributed by atoms with van der Waals surface area (Å²) in [6, 6.07) is 4.66. The van der Waals surface area contributed by atoms with Crippen LogP contribution in [0.1, 0.15) is 12.8 Å². The number of carboxylic acids is 1. The van der Waals surface area contributed by atoms with Crippen molar-refractivity contribution in [1.82, 2.24) is 4.31 Å². The number of carboxylic acid groups (broad SMARTS) is 1. The summed E-state index contributed by atoms with van der Waals surface area (Å²) in [4.78, 5) is 20.6. The number of carbonyl (C=O) groups is 1. The lowest BCUT2D eigenvalue weighted by molar-refractivity contribution is -0.384. The predicted molar refractivity (Wildman–Crippen MR) is 72.2 cm³/mol. The van der Waals surface area contributed by atoms with Crippen molar-refractivity contribution in [1.29, 1.82) is 0 Å². The monoisotopic (exact) mass is 314 g/mol. The smallest absolute Gasteiger partial charge is 0.303 e. The molecule has 0 amide bonds. The number of sulfonamides is 1. The Morgan fingerprint density at radius 3 is 2.52 bits per heavy atom. The Morgan fingerprint density at radius 2 is 2.00 bits per heavy atom. The van der Waals surface area contributed by atoms with E-state index in [1.165, 1.54) is 16.4 Å². The standard InChI is InChI=1S/C12H14N2O6S/c15-12(16)7-9-5-6-13(8-9)21(19,20)11-3-1-10(2-4-11)14(17)18/h1-4,9H,5-8H2,(H,15,16). The quantitative estimate of drug-likeness (QED) is 0.642. The van der Waals surface area contributed by atoms with Gasteiger partial charge in [0.15, 0.2) is 0 Å². The maximum absolute atomic E-state index is 12.4. The van der Waals surface area contributed by atoms with Gasteiger partial charge in [0.1, 0.15) is 0 Å². The topological polar surface area (TPSA) is 118 Å². The first kappa shape index (κ1) is 15.4. The zero-order chi connectivity index (χ0) is 15.6. The van der Waals surface area contributed by atoms with Gasteiger partial charge < -0.3 is 5.11 Å². The lowest BCUT2D eigenvalue weighted by atomic mass is 10.1. The predicted octanol–water partition coefficient (Wildman–Crippen LogP) is 1.08. The number of benzene rings is 1. The van der Waals surface area contributed by atoms with E-state index in [2.05, 4.69) is 0 Å². The molecular formula is C12H14N2O6S. The van der Waals surface area contributed by atoms with Gasteiger partial charge in [-0.2, -0.15) is 4.31 Å². The van der Waals surface area contributed by atoms with Crippen LogP contribution in [0.25, 0.3) is 0 Å². The minimum absolute atomic E-state index is 0.0240. The molecule has 1 unspecified atom stereocenters. The molecule has 1 aromatic rings. The minimum Gasteiger partial charge on any atom is -0.481 e. The van der Waals surface area contributed by atoms with E-state index in [1.807, 2.05) is 0 Å². The van der Waals surface area contributed by atoms with Crippen LogP contribution in [0.3, 0.4) is 0 Å². The molecule has 1 aromatic carbocycles. The summed E-state index contributed by atoms with van der Waals surface area (Å²) in [5, 5.41) is 19.3. The van der Waals surface area contributed by atoms with E-state index in [-0.39, 0.29) is 36.0 Å². The summed E-state index contributed by atoms with van der Waals surface area (Å²) in [5.41, 5.74) is -0.181. The number of non-ortho nitro benzene ring substituents is 1. The van der Waals surface area contributed by atoms with Gasteiger partial charge in [0, 0.05) is 31.6 Å². The van der Waals surface area contributed by atoms with Gasteiger partial charge in [-0.05, 0) is 24.5 Å². The van der Waals surface area contributed by atoms with E-state index in [1.54, 1.807) is 0 Å². The first-order valence-corrected chi connectivity index (χ1v) is 7.71. The third kappa shape index (κ3) is 3.37. The molecule has 1 N–H and O–H groups in total. The Labute approximate surface area is 121 Å². The maximum atomic E-state index is 12.4. The highest BCUT2D eigenvalue weighted by molar-refractivity contribution is 7.89. The van der Waals surface area contributed by atoms with E-state index in [9.17, 15) is 23.3 Å². The van der Waals surface area contributed by atoms with Crippen molar-refractivity contribution < 1.29 is 23.2 Å². The molecule has 9 heteroatoms.